The summed E-state index contributed by atoms with van der Waals surface area (Å²) in [5, 5.41) is 3.21. The second-order valence-electron chi connectivity index (χ2n) is 5.29. The Morgan fingerprint density at radius 3 is 2.90 bits per heavy atom. The molecule has 1 aliphatic rings. The minimum absolute atomic E-state index is 0.0759. The van der Waals surface area contributed by atoms with Crippen LogP contribution >= 0.6 is 0 Å². The lowest BCUT2D eigenvalue weighted by atomic mass is 10.1. The monoisotopic (exact) mass is 287 g/mol. The SMILES string of the molecule is COc1ccc(NCC2Cc3cc(C)ccc3O2)cc1F. The third kappa shape index (κ3) is 2.94. The molecule has 2 aromatic rings. The second-order valence-corrected chi connectivity index (χ2v) is 5.29. The molecule has 0 bridgehead atoms. The van der Waals surface area contributed by atoms with E-state index in [4.69, 9.17) is 9.47 Å². The van der Waals surface area contributed by atoms with Gasteiger partial charge in [-0.2, -0.15) is 0 Å². The molecule has 21 heavy (non-hydrogen) atoms. The van der Waals surface area contributed by atoms with Gasteiger partial charge in [0.2, 0.25) is 0 Å². The molecule has 2 aromatic carbocycles. The number of hydrogen-bond donors (Lipinski definition) is 1. The van der Waals surface area contributed by atoms with Gasteiger partial charge < -0.3 is 14.8 Å². The van der Waals surface area contributed by atoms with Crippen molar-refractivity contribution in [1.29, 1.82) is 0 Å². The van der Waals surface area contributed by atoms with Crippen LogP contribution in [0.15, 0.2) is 36.4 Å². The largest absolute Gasteiger partial charge is 0.494 e. The van der Waals surface area contributed by atoms with Crippen molar-refractivity contribution in [2.75, 3.05) is 19.0 Å². The van der Waals surface area contributed by atoms with Gasteiger partial charge in [0.05, 0.1) is 13.7 Å². The summed E-state index contributed by atoms with van der Waals surface area (Å²) in [5.74, 6) is 0.836. The molecule has 0 aromatic heterocycles. The van der Waals surface area contributed by atoms with Gasteiger partial charge in [0, 0.05) is 18.2 Å². The number of anilines is 1. The molecule has 0 aliphatic carbocycles. The first-order valence-corrected chi connectivity index (χ1v) is 6.99. The zero-order chi connectivity index (χ0) is 14.8. The minimum Gasteiger partial charge on any atom is -0.494 e. The average Bonchev–Trinajstić information content (AvgIpc) is 2.87. The second kappa shape index (κ2) is 5.64. The van der Waals surface area contributed by atoms with Crippen LogP contribution in [0.3, 0.4) is 0 Å². The Labute approximate surface area is 123 Å². The standard InChI is InChI=1S/C17H18FNO2/c1-11-3-5-16-12(7-11)8-14(21-16)10-19-13-4-6-17(20-2)15(18)9-13/h3-7,9,14,19H,8,10H2,1-2H3. The third-order valence-electron chi connectivity index (χ3n) is 3.64. The van der Waals surface area contributed by atoms with Gasteiger partial charge in [-0.3, -0.25) is 0 Å². The molecule has 0 amide bonds. The van der Waals surface area contributed by atoms with Crippen molar-refractivity contribution < 1.29 is 13.9 Å². The summed E-state index contributed by atoms with van der Waals surface area (Å²) in [5.41, 5.74) is 3.20. The van der Waals surface area contributed by atoms with Crippen molar-refractivity contribution in [1.82, 2.24) is 0 Å². The zero-order valence-corrected chi connectivity index (χ0v) is 12.2. The van der Waals surface area contributed by atoms with Crippen LogP contribution in [0.2, 0.25) is 0 Å². The fourth-order valence-corrected chi connectivity index (χ4v) is 2.57. The Morgan fingerprint density at radius 1 is 1.29 bits per heavy atom. The maximum absolute atomic E-state index is 13.6. The number of methoxy groups -OCH3 is 1. The Hall–Kier alpha value is -2.23. The molecule has 1 heterocycles. The normalized spacial score (nSPS) is 16.2. The van der Waals surface area contributed by atoms with Crippen LogP contribution in [-0.4, -0.2) is 19.8 Å². The Bertz CT molecular complexity index is 657. The van der Waals surface area contributed by atoms with Crippen molar-refractivity contribution >= 4 is 5.69 Å². The highest BCUT2D eigenvalue weighted by Gasteiger charge is 2.22. The highest BCUT2D eigenvalue weighted by Crippen LogP contribution is 2.29. The smallest absolute Gasteiger partial charge is 0.167 e. The molecule has 110 valence electrons. The van der Waals surface area contributed by atoms with Gasteiger partial charge >= 0.3 is 0 Å². The van der Waals surface area contributed by atoms with Gasteiger partial charge in [0.1, 0.15) is 11.9 Å². The highest BCUT2D eigenvalue weighted by atomic mass is 19.1. The topological polar surface area (TPSA) is 30.5 Å². The predicted molar refractivity (Wildman–Crippen MR) is 80.7 cm³/mol. The lowest BCUT2D eigenvalue weighted by Crippen LogP contribution is -2.23. The van der Waals surface area contributed by atoms with E-state index in [0.717, 1.165) is 17.9 Å². The summed E-state index contributed by atoms with van der Waals surface area (Å²) in [4.78, 5) is 0. The van der Waals surface area contributed by atoms with Crippen molar-refractivity contribution in [3.8, 4) is 11.5 Å². The number of ether oxygens (including phenoxy) is 2. The van der Waals surface area contributed by atoms with Gasteiger partial charge in [-0.1, -0.05) is 17.7 Å². The maximum atomic E-state index is 13.6. The van der Waals surface area contributed by atoms with Crippen molar-refractivity contribution in [2.45, 2.75) is 19.4 Å². The summed E-state index contributed by atoms with van der Waals surface area (Å²) in [6, 6.07) is 11.1. The number of nitrogens with one attached hydrogen (secondary N) is 1. The van der Waals surface area contributed by atoms with E-state index < -0.39 is 0 Å². The fourth-order valence-electron chi connectivity index (χ4n) is 2.57. The molecular formula is C17H18FNO2. The Kier molecular flexibility index (Phi) is 3.69. The third-order valence-corrected chi connectivity index (χ3v) is 3.64. The molecule has 1 unspecified atom stereocenters. The summed E-state index contributed by atoms with van der Waals surface area (Å²) in [7, 11) is 1.46. The molecule has 3 rings (SSSR count). The Balaban J connectivity index is 1.61. The molecule has 1 N–H and O–H groups in total. The van der Waals surface area contributed by atoms with E-state index in [2.05, 4.69) is 18.3 Å². The van der Waals surface area contributed by atoms with Crippen molar-refractivity contribution in [3.63, 3.8) is 0 Å². The van der Waals surface area contributed by atoms with E-state index in [-0.39, 0.29) is 17.7 Å². The first-order chi connectivity index (χ1) is 10.2. The summed E-state index contributed by atoms with van der Waals surface area (Å²) >= 11 is 0. The average molecular weight is 287 g/mol. The molecule has 0 saturated heterocycles. The summed E-state index contributed by atoms with van der Waals surface area (Å²) < 4.78 is 24.4. The number of rotatable bonds is 4. The molecule has 0 spiro atoms. The van der Waals surface area contributed by atoms with Gasteiger partial charge in [-0.05, 0) is 30.7 Å². The van der Waals surface area contributed by atoms with Gasteiger partial charge in [0.25, 0.3) is 0 Å². The van der Waals surface area contributed by atoms with E-state index in [0.29, 0.717) is 6.54 Å². The van der Waals surface area contributed by atoms with Crippen molar-refractivity contribution in [2.24, 2.45) is 0 Å². The van der Waals surface area contributed by atoms with Crippen LogP contribution in [0.25, 0.3) is 0 Å². The molecule has 4 heteroatoms. The molecule has 1 atom stereocenters. The van der Waals surface area contributed by atoms with Crippen LogP contribution in [0, 0.1) is 12.7 Å². The first-order valence-electron chi connectivity index (χ1n) is 6.99. The van der Waals surface area contributed by atoms with Gasteiger partial charge in [-0.25, -0.2) is 4.39 Å². The number of halogens is 1. The van der Waals surface area contributed by atoms with Gasteiger partial charge in [-0.15, -0.1) is 0 Å². The Morgan fingerprint density at radius 2 is 2.14 bits per heavy atom. The van der Waals surface area contributed by atoms with E-state index in [1.807, 2.05) is 12.1 Å². The highest BCUT2D eigenvalue weighted by molar-refractivity contribution is 5.48. The van der Waals surface area contributed by atoms with Crippen LogP contribution < -0.4 is 14.8 Å². The van der Waals surface area contributed by atoms with E-state index in [1.54, 1.807) is 12.1 Å². The van der Waals surface area contributed by atoms with Crippen LogP contribution in [0.4, 0.5) is 10.1 Å². The zero-order valence-electron chi connectivity index (χ0n) is 12.2. The number of aryl methyl sites for hydroxylation is 1. The maximum Gasteiger partial charge on any atom is 0.167 e. The predicted octanol–water partition coefficient (Wildman–Crippen LogP) is 3.56. The summed E-state index contributed by atoms with van der Waals surface area (Å²) in [6.45, 7) is 2.71. The van der Waals surface area contributed by atoms with E-state index >= 15 is 0 Å². The quantitative estimate of drug-likeness (QED) is 0.932. The van der Waals surface area contributed by atoms with Crippen molar-refractivity contribution in [3.05, 3.63) is 53.3 Å². The molecule has 0 saturated carbocycles. The molecule has 0 radical (unpaired) electrons. The lowest BCUT2D eigenvalue weighted by Gasteiger charge is -2.13. The number of hydrogen-bond acceptors (Lipinski definition) is 3. The van der Waals surface area contributed by atoms with E-state index in [1.165, 1.54) is 24.3 Å². The first kappa shape index (κ1) is 13.7. The van der Waals surface area contributed by atoms with Crippen LogP contribution in [0.5, 0.6) is 11.5 Å². The van der Waals surface area contributed by atoms with Crippen LogP contribution in [-0.2, 0) is 6.42 Å². The van der Waals surface area contributed by atoms with Crippen LogP contribution in [0.1, 0.15) is 11.1 Å². The number of benzene rings is 2. The molecule has 3 nitrogen and oxygen atoms in total. The lowest BCUT2D eigenvalue weighted by molar-refractivity contribution is 0.246. The summed E-state index contributed by atoms with van der Waals surface area (Å²) in [6.07, 6.45) is 0.954. The molecule has 1 aliphatic heterocycles. The fraction of sp³-hybridized carbons (Fsp3) is 0.294. The minimum atomic E-state index is -0.367. The molecular weight excluding hydrogens is 269 g/mol. The van der Waals surface area contributed by atoms with Gasteiger partial charge in [0.15, 0.2) is 11.6 Å². The molecule has 0 fully saturated rings. The number of fused-ring (bicyclic) bond motifs is 1. The van der Waals surface area contributed by atoms with E-state index in [9.17, 15) is 4.39 Å².